The lowest BCUT2D eigenvalue weighted by atomic mass is 10.1. The van der Waals surface area contributed by atoms with Gasteiger partial charge in [0.1, 0.15) is 0 Å². The van der Waals surface area contributed by atoms with Crippen LogP contribution in [0.25, 0.3) is 0 Å². The van der Waals surface area contributed by atoms with Crippen LogP contribution < -0.4 is 5.32 Å². The van der Waals surface area contributed by atoms with Gasteiger partial charge in [0.25, 0.3) is 11.6 Å². The number of amides is 1. The summed E-state index contributed by atoms with van der Waals surface area (Å²) in [6.07, 6.45) is -4.15. The number of nitrogens with one attached hydrogen (secondary N) is 1. The number of anilines is 1. The van der Waals surface area contributed by atoms with Gasteiger partial charge in [-0.25, -0.2) is 4.79 Å². The number of ether oxygens (including phenoxy) is 1. The number of esters is 1. The van der Waals surface area contributed by atoms with Crippen molar-refractivity contribution < 1.29 is 32.4 Å². The number of non-ortho nitro benzene ring substituents is 1. The van der Waals surface area contributed by atoms with E-state index in [1.807, 2.05) is 12.2 Å². The third-order valence-corrected chi connectivity index (χ3v) is 3.73. The van der Waals surface area contributed by atoms with Gasteiger partial charge < -0.3 is 10.1 Å². The first-order chi connectivity index (χ1) is 13.1. The number of carbonyl (C=O) groups excluding carboxylic acids is 2. The average molecular weight is 396 g/mol. The van der Waals surface area contributed by atoms with Crippen LogP contribution in [-0.4, -0.2) is 23.4 Å². The highest BCUT2D eigenvalue weighted by molar-refractivity contribution is 5.96. The summed E-state index contributed by atoms with van der Waals surface area (Å²) < 4.78 is 44.0. The maximum Gasteiger partial charge on any atom is 0.418 e. The van der Waals surface area contributed by atoms with E-state index in [1.54, 1.807) is 12.1 Å². The van der Waals surface area contributed by atoms with Gasteiger partial charge in [0.05, 0.1) is 21.7 Å². The number of rotatable bonds is 6. The molecule has 1 N–H and O–H groups in total. The van der Waals surface area contributed by atoms with Crippen LogP contribution in [0.5, 0.6) is 0 Å². The Morgan fingerprint density at radius 3 is 2.32 bits per heavy atom. The molecule has 0 aliphatic rings. The normalized spacial score (nSPS) is 11.0. The third-order valence-electron chi connectivity index (χ3n) is 3.73. The molecular weight excluding hydrogens is 381 g/mol. The Labute approximate surface area is 157 Å². The lowest BCUT2D eigenvalue weighted by Gasteiger charge is -2.13. The molecule has 0 aliphatic heterocycles. The van der Waals surface area contributed by atoms with Crippen LogP contribution in [0.4, 0.5) is 24.5 Å². The highest BCUT2D eigenvalue weighted by Crippen LogP contribution is 2.37. The van der Waals surface area contributed by atoms with E-state index in [-0.39, 0.29) is 5.56 Å². The van der Waals surface area contributed by atoms with Crippen LogP contribution in [0.15, 0.2) is 42.5 Å². The standard InChI is InChI=1S/C18H15F3N2O5/c1-2-11-3-5-12(6-4-11)17(25)28-10-16(24)22-15-8-7-13(23(26)27)9-14(15)18(19,20)21/h3-9H,2,10H2,1H3,(H,22,24). The molecule has 0 saturated heterocycles. The highest BCUT2D eigenvalue weighted by Gasteiger charge is 2.35. The van der Waals surface area contributed by atoms with Crippen molar-refractivity contribution in [1.29, 1.82) is 0 Å². The number of hydrogen-bond donors (Lipinski definition) is 1. The summed E-state index contributed by atoms with van der Waals surface area (Å²) in [5, 5.41) is 12.6. The van der Waals surface area contributed by atoms with E-state index in [9.17, 15) is 32.9 Å². The number of hydrogen-bond acceptors (Lipinski definition) is 5. The number of alkyl halides is 3. The number of benzene rings is 2. The van der Waals surface area contributed by atoms with Crippen molar-refractivity contribution in [2.45, 2.75) is 19.5 Å². The Morgan fingerprint density at radius 2 is 1.79 bits per heavy atom. The average Bonchev–Trinajstić information content (AvgIpc) is 2.65. The molecule has 0 spiro atoms. The summed E-state index contributed by atoms with van der Waals surface area (Å²) in [5.41, 5.74) is -1.64. The van der Waals surface area contributed by atoms with Gasteiger partial charge in [-0.05, 0) is 30.2 Å². The SMILES string of the molecule is CCc1ccc(C(=O)OCC(=O)Nc2ccc([N+](=O)[O-])cc2C(F)(F)F)cc1. The quantitative estimate of drug-likeness (QED) is 0.453. The van der Waals surface area contributed by atoms with Gasteiger partial charge in [-0.1, -0.05) is 19.1 Å². The fraction of sp³-hybridized carbons (Fsp3) is 0.222. The monoisotopic (exact) mass is 396 g/mol. The van der Waals surface area contributed by atoms with E-state index in [0.717, 1.165) is 24.1 Å². The first kappa shape index (κ1) is 20.9. The lowest BCUT2D eigenvalue weighted by Crippen LogP contribution is -2.23. The molecule has 0 saturated carbocycles. The van der Waals surface area contributed by atoms with E-state index in [0.29, 0.717) is 6.07 Å². The summed E-state index contributed by atoms with van der Waals surface area (Å²) in [4.78, 5) is 33.4. The van der Waals surface area contributed by atoms with E-state index < -0.39 is 46.5 Å². The third kappa shape index (κ3) is 5.29. The summed E-state index contributed by atoms with van der Waals surface area (Å²) >= 11 is 0. The predicted octanol–water partition coefficient (Wildman–Crippen LogP) is 3.97. The number of halogens is 3. The van der Waals surface area contributed by atoms with Gasteiger partial charge in [0.15, 0.2) is 6.61 Å². The molecule has 28 heavy (non-hydrogen) atoms. The Morgan fingerprint density at radius 1 is 1.14 bits per heavy atom. The molecule has 0 atom stereocenters. The van der Waals surface area contributed by atoms with Crippen molar-refractivity contribution in [1.82, 2.24) is 0 Å². The van der Waals surface area contributed by atoms with Crippen molar-refractivity contribution in [2.24, 2.45) is 0 Å². The summed E-state index contributed by atoms with van der Waals surface area (Å²) in [5.74, 6) is -1.82. The Hall–Kier alpha value is -3.43. The first-order valence-electron chi connectivity index (χ1n) is 8.03. The van der Waals surface area contributed by atoms with E-state index in [4.69, 9.17) is 4.74 Å². The Bertz CT molecular complexity index is 895. The molecule has 2 aromatic rings. The van der Waals surface area contributed by atoms with Crippen LogP contribution in [-0.2, 0) is 22.1 Å². The van der Waals surface area contributed by atoms with Crippen LogP contribution in [0.1, 0.15) is 28.4 Å². The maximum absolute atomic E-state index is 13.1. The second-order valence-electron chi connectivity index (χ2n) is 5.66. The van der Waals surface area contributed by atoms with Crippen molar-refractivity contribution in [3.05, 3.63) is 69.3 Å². The summed E-state index contributed by atoms with van der Waals surface area (Å²) in [7, 11) is 0. The number of carbonyl (C=O) groups is 2. The van der Waals surface area contributed by atoms with Crippen molar-refractivity contribution in [3.8, 4) is 0 Å². The van der Waals surface area contributed by atoms with Crippen molar-refractivity contribution >= 4 is 23.3 Å². The molecule has 148 valence electrons. The molecule has 0 bridgehead atoms. The zero-order chi connectivity index (χ0) is 20.9. The van der Waals surface area contributed by atoms with E-state index in [1.165, 1.54) is 12.1 Å². The van der Waals surface area contributed by atoms with Crippen LogP contribution in [0.2, 0.25) is 0 Å². The Kier molecular flexibility index (Phi) is 6.34. The van der Waals surface area contributed by atoms with Gasteiger partial charge in [-0.2, -0.15) is 13.2 Å². The first-order valence-corrected chi connectivity index (χ1v) is 8.03. The minimum atomic E-state index is -4.92. The van der Waals surface area contributed by atoms with Gasteiger partial charge in [-0.15, -0.1) is 0 Å². The van der Waals surface area contributed by atoms with E-state index in [2.05, 4.69) is 0 Å². The molecule has 10 heteroatoms. The number of nitro groups is 1. The fourth-order valence-electron chi connectivity index (χ4n) is 2.27. The molecule has 0 fully saturated rings. The van der Waals surface area contributed by atoms with Crippen molar-refractivity contribution in [2.75, 3.05) is 11.9 Å². The molecule has 2 aromatic carbocycles. The maximum atomic E-state index is 13.1. The zero-order valence-corrected chi connectivity index (χ0v) is 14.6. The number of nitrogens with zero attached hydrogens (tertiary/aromatic N) is 1. The minimum Gasteiger partial charge on any atom is -0.452 e. The zero-order valence-electron chi connectivity index (χ0n) is 14.6. The molecule has 2 rings (SSSR count). The Balaban J connectivity index is 2.06. The summed E-state index contributed by atoms with van der Waals surface area (Å²) in [6.45, 7) is 1.12. The molecule has 0 aliphatic carbocycles. The number of nitro benzene ring substituents is 1. The summed E-state index contributed by atoms with van der Waals surface area (Å²) in [6, 6.07) is 8.35. The molecule has 0 aromatic heterocycles. The molecule has 0 heterocycles. The van der Waals surface area contributed by atoms with Gasteiger partial charge >= 0.3 is 12.1 Å². The van der Waals surface area contributed by atoms with Gasteiger partial charge in [0.2, 0.25) is 0 Å². The van der Waals surface area contributed by atoms with Gasteiger partial charge in [-0.3, -0.25) is 14.9 Å². The second-order valence-corrected chi connectivity index (χ2v) is 5.66. The molecular formula is C18H15F3N2O5. The predicted molar refractivity (Wildman–Crippen MR) is 92.8 cm³/mol. The molecule has 0 radical (unpaired) electrons. The number of aryl methyl sites for hydroxylation is 1. The molecule has 0 unspecified atom stereocenters. The lowest BCUT2D eigenvalue weighted by molar-refractivity contribution is -0.385. The second kappa shape index (κ2) is 8.51. The van der Waals surface area contributed by atoms with Crippen molar-refractivity contribution in [3.63, 3.8) is 0 Å². The topological polar surface area (TPSA) is 98.5 Å². The van der Waals surface area contributed by atoms with Crippen LogP contribution in [0.3, 0.4) is 0 Å². The molecule has 7 nitrogen and oxygen atoms in total. The smallest absolute Gasteiger partial charge is 0.418 e. The van der Waals surface area contributed by atoms with Crippen LogP contribution in [0, 0.1) is 10.1 Å². The highest BCUT2D eigenvalue weighted by atomic mass is 19.4. The fourth-order valence-corrected chi connectivity index (χ4v) is 2.27. The van der Waals surface area contributed by atoms with Crippen LogP contribution >= 0.6 is 0 Å². The minimum absolute atomic E-state index is 0.191. The van der Waals surface area contributed by atoms with E-state index >= 15 is 0 Å². The largest absolute Gasteiger partial charge is 0.452 e. The molecule has 1 amide bonds. The van der Waals surface area contributed by atoms with Gasteiger partial charge in [0, 0.05) is 12.1 Å².